The van der Waals surface area contributed by atoms with E-state index in [0.717, 1.165) is 17.3 Å². The van der Waals surface area contributed by atoms with Crippen molar-refractivity contribution < 1.29 is 9.90 Å². The Morgan fingerprint density at radius 1 is 1.58 bits per heavy atom. The number of carboxylic acid groups (broad SMARTS) is 1. The Labute approximate surface area is 120 Å². The molecule has 0 saturated carbocycles. The quantitative estimate of drug-likeness (QED) is 0.909. The molecule has 0 aliphatic carbocycles. The smallest absolute Gasteiger partial charge is 0.326 e. The number of anilines is 1. The first-order valence-corrected chi connectivity index (χ1v) is 7.03. The molecule has 2 rings (SSSR count). The number of aliphatic carboxylic acids is 1. The van der Waals surface area contributed by atoms with E-state index >= 15 is 0 Å². The first-order chi connectivity index (χ1) is 9.04. The molecule has 19 heavy (non-hydrogen) atoms. The van der Waals surface area contributed by atoms with Crippen molar-refractivity contribution in [1.29, 1.82) is 5.26 Å². The standard InChI is InChI=1S/C14H15BrN2O2/c1-9-3-2-6-17(13(9)14(18)19)12-5-4-11(15)7-10(12)8-16/h4-5,7,9,13H,2-3,6H2,1H3,(H,18,19). The molecule has 1 heterocycles. The number of carboxylic acids is 1. The molecule has 0 radical (unpaired) electrons. The number of piperidine rings is 1. The number of halogens is 1. The zero-order valence-electron chi connectivity index (χ0n) is 10.6. The fourth-order valence-corrected chi connectivity index (χ4v) is 3.04. The molecule has 1 saturated heterocycles. The molecular weight excluding hydrogens is 308 g/mol. The van der Waals surface area contributed by atoms with Gasteiger partial charge in [-0.3, -0.25) is 0 Å². The number of nitriles is 1. The Hall–Kier alpha value is -1.54. The van der Waals surface area contributed by atoms with Crippen LogP contribution in [0.5, 0.6) is 0 Å². The molecular formula is C14H15BrN2O2. The van der Waals surface area contributed by atoms with E-state index in [0.29, 0.717) is 17.8 Å². The van der Waals surface area contributed by atoms with E-state index < -0.39 is 12.0 Å². The van der Waals surface area contributed by atoms with Crippen molar-refractivity contribution in [2.24, 2.45) is 5.92 Å². The predicted molar refractivity (Wildman–Crippen MR) is 76.0 cm³/mol. The minimum Gasteiger partial charge on any atom is -0.480 e. The van der Waals surface area contributed by atoms with Crippen LogP contribution in [0, 0.1) is 17.2 Å². The van der Waals surface area contributed by atoms with Gasteiger partial charge in [-0.2, -0.15) is 5.26 Å². The van der Waals surface area contributed by atoms with Gasteiger partial charge in [0.1, 0.15) is 12.1 Å². The SMILES string of the molecule is CC1CCCN(c2ccc(Br)cc2C#N)C1C(=O)O. The van der Waals surface area contributed by atoms with E-state index in [4.69, 9.17) is 0 Å². The van der Waals surface area contributed by atoms with Crippen molar-refractivity contribution in [2.75, 3.05) is 11.4 Å². The molecule has 4 nitrogen and oxygen atoms in total. The Bertz CT molecular complexity index is 539. The molecule has 0 aromatic heterocycles. The number of benzene rings is 1. The van der Waals surface area contributed by atoms with E-state index in [1.165, 1.54) is 0 Å². The molecule has 1 aliphatic heterocycles. The van der Waals surface area contributed by atoms with Crippen LogP contribution in [0.1, 0.15) is 25.3 Å². The molecule has 0 amide bonds. The second-order valence-corrected chi connectivity index (χ2v) is 5.78. The number of rotatable bonds is 2. The third-order valence-electron chi connectivity index (χ3n) is 3.57. The van der Waals surface area contributed by atoms with Gasteiger partial charge in [-0.1, -0.05) is 22.9 Å². The van der Waals surface area contributed by atoms with Crippen LogP contribution >= 0.6 is 15.9 Å². The van der Waals surface area contributed by atoms with Gasteiger partial charge in [0.05, 0.1) is 11.3 Å². The third kappa shape index (κ3) is 2.74. The van der Waals surface area contributed by atoms with E-state index in [-0.39, 0.29) is 5.92 Å². The van der Waals surface area contributed by atoms with Crippen LogP contribution in [0.15, 0.2) is 22.7 Å². The molecule has 100 valence electrons. The zero-order chi connectivity index (χ0) is 14.0. The Kier molecular flexibility index (Phi) is 4.11. The average Bonchev–Trinajstić information content (AvgIpc) is 2.37. The number of carbonyl (C=O) groups is 1. The highest BCUT2D eigenvalue weighted by atomic mass is 79.9. The summed E-state index contributed by atoms with van der Waals surface area (Å²) in [6.07, 6.45) is 1.86. The lowest BCUT2D eigenvalue weighted by Gasteiger charge is -2.39. The molecule has 1 N–H and O–H groups in total. The van der Waals surface area contributed by atoms with Gasteiger partial charge in [0.15, 0.2) is 0 Å². The van der Waals surface area contributed by atoms with Gasteiger partial charge in [0.25, 0.3) is 0 Å². The molecule has 1 fully saturated rings. The topological polar surface area (TPSA) is 64.3 Å². The summed E-state index contributed by atoms with van der Waals surface area (Å²) in [6.45, 7) is 2.63. The lowest BCUT2D eigenvalue weighted by atomic mass is 9.90. The number of hydrogen-bond acceptors (Lipinski definition) is 3. The number of hydrogen-bond donors (Lipinski definition) is 1. The average molecular weight is 323 g/mol. The van der Waals surface area contributed by atoms with Gasteiger partial charge < -0.3 is 10.0 Å². The van der Waals surface area contributed by atoms with Gasteiger partial charge in [-0.25, -0.2) is 4.79 Å². The third-order valence-corrected chi connectivity index (χ3v) is 4.07. The van der Waals surface area contributed by atoms with Crippen LogP contribution in [0.3, 0.4) is 0 Å². The molecule has 2 unspecified atom stereocenters. The van der Waals surface area contributed by atoms with Crippen molar-refractivity contribution in [3.63, 3.8) is 0 Å². The molecule has 1 aliphatic rings. The molecule has 1 aromatic rings. The maximum Gasteiger partial charge on any atom is 0.326 e. The van der Waals surface area contributed by atoms with Crippen molar-refractivity contribution in [1.82, 2.24) is 0 Å². The van der Waals surface area contributed by atoms with Crippen LogP contribution in [-0.4, -0.2) is 23.7 Å². The summed E-state index contributed by atoms with van der Waals surface area (Å²) in [5, 5.41) is 18.6. The summed E-state index contributed by atoms with van der Waals surface area (Å²) >= 11 is 3.33. The van der Waals surface area contributed by atoms with Gasteiger partial charge in [-0.15, -0.1) is 0 Å². The van der Waals surface area contributed by atoms with Gasteiger partial charge in [-0.05, 0) is 37.0 Å². The Morgan fingerprint density at radius 2 is 2.32 bits per heavy atom. The second-order valence-electron chi connectivity index (χ2n) is 4.87. The summed E-state index contributed by atoms with van der Waals surface area (Å²) in [5.41, 5.74) is 1.22. The Balaban J connectivity index is 2.44. The first kappa shape index (κ1) is 13.9. The summed E-state index contributed by atoms with van der Waals surface area (Å²) in [4.78, 5) is 13.3. The highest BCUT2D eigenvalue weighted by Crippen LogP contribution is 2.32. The van der Waals surface area contributed by atoms with E-state index in [1.54, 1.807) is 6.07 Å². The lowest BCUT2D eigenvalue weighted by molar-refractivity contribution is -0.140. The van der Waals surface area contributed by atoms with Crippen molar-refractivity contribution >= 4 is 27.6 Å². The maximum absolute atomic E-state index is 11.5. The summed E-state index contributed by atoms with van der Waals surface area (Å²) < 4.78 is 0.824. The highest BCUT2D eigenvalue weighted by Gasteiger charge is 2.35. The van der Waals surface area contributed by atoms with E-state index in [9.17, 15) is 15.2 Å². The van der Waals surface area contributed by atoms with Crippen LogP contribution < -0.4 is 4.90 Å². The summed E-state index contributed by atoms with van der Waals surface area (Å²) in [6, 6.07) is 6.98. The first-order valence-electron chi connectivity index (χ1n) is 6.23. The van der Waals surface area contributed by atoms with Crippen molar-refractivity contribution in [2.45, 2.75) is 25.8 Å². The van der Waals surface area contributed by atoms with Crippen molar-refractivity contribution in [3.05, 3.63) is 28.2 Å². The van der Waals surface area contributed by atoms with Crippen LogP contribution in [0.4, 0.5) is 5.69 Å². The van der Waals surface area contributed by atoms with Crippen molar-refractivity contribution in [3.8, 4) is 6.07 Å². The van der Waals surface area contributed by atoms with Gasteiger partial charge in [0.2, 0.25) is 0 Å². The monoisotopic (exact) mass is 322 g/mol. The van der Waals surface area contributed by atoms with Crippen LogP contribution in [0.25, 0.3) is 0 Å². The minimum atomic E-state index is -0.820. The molecule has 5 heteroatoms. The highest BCUT2D eigenvalue weighted by molar-refractivity contribution is 9.10. The second kappa shape index (κ2) is 5.62. The van der Waals surface area contributed by atoms with E-state index in [1.807, 2.05) is 24.0 Å². The molecule has 2 atom stereocenters. The van der Waals surface area contributed by atoms with Gasteiger partial charge >= 0.3 is 5.97 Å². The zero-order valence-corrected chi connectivity index (χ0v) is 12.2. The van der Waals surface area contributed by atoms with Crippen LogP contribution in [0.2, 0.25) is 0 Å². The van der Waals surface area contributed by atoms with Crippen LogP contribution in [-0.2, 0) is 4.79 Å². The summed E-state index contributed by atoms with van der Waals surface area (Å²) in [7, 11) is 0. The van der Waals surface area contributed by atoms with Gasteiger partial charge in [0, 0.05) is 11.0 Å². The lowest BCUT2D eigenvalue weighted by Crippen LogP contribution is -2.49. The number of nitrogens with zero attached hydrogens (tertiary/aromatic N) is 2. The largest absolute Gasteiger partial charge is 0.480 e. The molecule has 0 bridgehead atoms. The van der Waals surface area contributed by atoms with E-state index in [2.05, 4.69) is 22.0 Å². The normalized spacial score (nSPS) is 22.9. The molecule has 0 spiro atoms. The summed E-state index contributed by atoms with van der Waals surface area (Å²) in [5.74, 6) is -0.736. The minimum absolute atomic E-state index is 0.0847. The predicted octanol–water partition coefficient (Wildman–Crippen LogP) is 3.01. The molecule has 1 aromatic carbocycles. The Morgan fingerprint density at radius 3 is 2.95 bits per heavy atom. The fourth-order valence-electron chi connectivity index (χ4n) is 2.68. The maximum atomic E-state index is 11.5. The fraction of sp³-hybridized carbons (Fsp3) is 0.429.